The summed E-state index contributed by atoms with van der Waals surface area (Å²) in [4.78, 5) is 48.1. The van der Waals surface area contributed by atoms with Crippen LogP contribution in [0.4, 0.5) is 5.69 Å². The second-order valence-corrected chi connectivity index (χ2v) is 6.31. The molecular weight excluding hydrogens is 382 g/mol. The van der Waals surface area contributed by atoms with Gasteiger partial charge >= 0.3 is 5.63 Å². The zero-order valence-electron chi connectivity index (χ0n) is 14.1. The number of para-hydroxylation sites is 1. The minimum Gasteiger partial charge on any atom is -0.422 e. The van der Waals surface area contributed by atoms with Crippen LogP contribution in [-0.4, -0.2) is 22.8 Å². The number of carbonyl (C=O) groups is 3. The van der Waals surface area contributed by atoms with Crippen molar-refractivity contribution in [1.82, 2.24) is 10.6 Å². The highest BCUT2D eigenvalue weighted by atomic mass is 32.1. The number of fused-ring (bicyclic) bond motifs is 2. The van der Waals surface area contributed by atoms with Crippen molar-refractivity contribution in [1.29, 1.82) is 0 Å². The van der Waals surface area contributed by atoms with Gasteiger partial charge in [0.15, 0.2) is 5.11 Å². The van der Waals surface area contributed by atoms with Crippen LogP contribution in [0.3, 0.4) is 0 Å². The highest BCUT2D eigenvalue weighted by Gasteiger charge is 2.29. The minimum atomic E-state index is -0.801. The van der Waals surface area contributed by atoms with Gasteiger partial charge in [-0.3, -0.25) is 25.0 Å². The highest BCUT2D eigenvalue weighted by molar-refractivity contribution is 7.80. The average Bonchev–Trinajstić information content (AvgIpc) is 2.96. The zero-order chi connectivity index (χ0) is 19.8. The van der Waals surface area contributed by atoms with Gasteiger partial charge in [-0.05, 0) is 36.5 Å². The molecule has 0 bridgehead atoms. The second kappa shape index (κ2) is 6.71. The van der Waals surface area contributed by atoms with Crippen LogP contribution >= 0.6 is 12.2 Å². The molecule has 138 valence electrons. The largest absolute Gasteiger partial charge is 0.422 e. The van der Waals surface area contributed by atoms with Gasteiger partial charge in [0.2, 0.25) is 0 Å². The van der Waals surface area contributed by atoms with E-state index in [1.807, 2.05) is 0 Å². The Bertz CT molecular complexity index is 1250. The van der Waals surface area contributed by atoms with E-state index in [0.29, 0.717) is 11.0 Å². The lowest BCUT2D eigenvalue weighted by molar-refractivity contribution is 0.0878. The lowest BCUT2D eigenvalue weighted by atomic mass is 10.1. The van der Waals surface area contributed by atoms with E-state index in [-0.39, 0.29) is 27.5 Å². The van der Waals surface area contributed by atoms with Crippen molar-refractivity contribution in [2.45, 2.75) is 0 Å². The van der Waals surface area contributed by atoms with E-state index in [1.54, 1.807) is 36.4 Å². The van der Waals surface area contributed by atoms with Crippen LogP contribution in [-0.2, 0) is 0 Å². The van der Waals surface area contributed by atoms with E-state index in [9.17, 15) is 19.2 Å². The van der Waals surface area contributed by atoms with Crippen molar-refractivity contribution >= 4 is 51.7 Å². The van der Waals surface area contributed by atoms with Gasteiger partial charge in [0.1, 0.15) is 11.1 Å². The summed E-state index contributed by atoms with van der Waals surface area (Å²) < 4.78 is 5.13. The van der Waals surface area contributed by atoms with Crippen molar-refractivity contribution < 1.29 is 18.8 Å². The number of hydrogen-bond donors (Lipinski definition) is 3. The number of nitrogens with one attached hydrogen (secondary N) is 3. The molecule has 1 aromatic heterocycles. The van der Waals surface area contributed by atoms with E-state index in [4.69, 9.17) is 16.6 Å². The van der Waals surface area contributed by atoms with E-state index in [2.05, 4.69) is 16.0 Å². The molecule has 28 heavy (non-hydrogen) atoms. The molecule has 3 amide bonds. The van der Waals surface area contributed by atoms with Gasteiger partial charge < -0.3 is 9.73 Å². The molecule has 3 N–H and O–H groups in total. The van der Waals surface area contributed by atoms with Crippen LogP contribution in [0, 0.1) is 0 Å². The molecule has 1 aliphatic heterocycles. The third kappa shape index (κ3) is 3.03. The van der Waals surface area contributed by atoms with Crippen LogP contribution in [0.15, 0.2) is 57.7 Å². The fraction of sp³-hybridized carbons (Fsp3) is 0. The molecule has 0 fully saturated rings. The molecule has 2 aromatic carbocycles. The zero-order valence-corrected chi connectivity index (χ0v) is 14.9. The number of thiocarbonyl (C=S) groups is 1. The van der Waals surface area contributed by atoms with Gasteiger partial charge in [-0.2, -0.15) is 0 Å². The third-order valence-corrected chi connectivity index (χ3v) is 4.33. The van der Waals surface area contributed by atoms with E-state index < -0.39 is 23.3 Å². The molecule has 0 saturated heterocycles. The quantitative estimate of drug-likeness (QED) is 0.345. The van der Waals surface area contributed by atoms with Crippen molar-refractivity contribution in [3.63, 3.8) is 0 Å². The second-order valence-electron chi connectivity index (χ2n) is 5.90. The summed E-state index contributed by atoms with van der Waals surface area (Å²) in [7, 11) is 0. The molecule has 8 nitrogen and oxygen atoms in total. The van der Waals surface area contributed by atoms with Gasteiger partial charge in [0.05, 0.1) is 16.8 Å². The van der Waals surface area contributed by atoms with Gasteiger partial charge in [-0.15, -0.1) is 0 Å². The molecular formula is C19H11N3O5S. The summed E-state index contributed by atoms with van der Waals surface area (Å²) >= 11 is 5.10. The Labute approximate surface area is 162 Å². The predicted molar refractivity (Wildman–Crippen MR) is 104 cm³/mol. The first-order valence-corrected chi connectivity index (χ1v) is 8.49. The van der Waals surface area contributed by atoms with Crippen molar-refractivity contribution in [3.05, 3.63) is 75.6 Å². The Morgan fingerprint density at radius 1 is 1.00 bits per heavy atom. The highest BCUT2D eigenvalue weighted by Crippen LogP contribution is 2.24. The minimum absolute atomic E-state index is 0.134. The Kier molecular flexibility index (Phi) is 4.21. The third-order valence-electron chi connectivity index (χ3n) is 4.12. The lowest BCUT2D eigenvalue weighted by Gasteiger charge is -2.11. The molecule has 2 heterocycles. The summed E-state index contributed by atoms with van der Waals surface area (Å²) in [6.45, 7) is 0. The molecule has 0 atom stereocenters. The first-order valence-electron chi connectivity index (χ1n) is 8.08. The molecule has 0 saturated carbocycles. The van der Waals surface area contributed by atoms with Crippen molar-refractivity contribution in [2.75, 3.05) is 5.32 Å². The van der Waals surface area contributed by atoms with Gasteiger partial charge in [-0.1, -0.05) is 24.3 Å². The van der Waals surface area contributed by atoms with Crippen LogP contribution in [0.25, 0.3) is 11.0 Å². The number of anilines is 1. The van der Waals surface area contributed by atoms with E-state index >= 15 is 0 Å². The smallest absolute Gasteiger partial charge is 0.349 e. The van der Waals surface area contributed by atoms with Crippen LogP contribution in [0.2, 0.25) is 0 Å². The van der Waals surface area contributed by atoms with Crippen LogP contribution in [0.1, 0.15) is 31.1 Å². The summed E-state index contributed by atoms with van der Waals surface area (Å²) in [5.41, 5.74) is -0.0516. The number of rotatable bonds is 2. The number of benzene rings is 2. The topological polar surface area (TPSA) is 118 Å². The van der Waals surface area contributed by atoms with E-state index in [0.717, 1.165) is 0 Å². The predicted octanol–water partition coefficient (Wildman–Crippen LogP) is 1.80. The molecule has 3 aromatic rings. The molecule has 1 aliphatic rings. The van der Waals surface area contributed by atoms with E-state index in [1.165, 1.54) is 12.1 Å². The Morgan fingerprint density at radius 2 is 1.79 bits per heavy atom. The fourth-order valence-corrected chi connectivity index (χ4v) is 3.07. The van der Waals surface area contributed by atoms with Gasteiger partial charge in [0.25, 0.3) is 17.7 Å². The SMILES string of the molecule is O=C1NC(=O)c2c(NC(=S)NC(=O)c3cc4ccccc4oc3=O)cccc21. The maximum atomic E-state index is 12.4. The summed E-state index contributed by atoms with van der Waals surface area (Å²) in [6, 6.07) is 12.8. The molecule has 0 radical (unpaired) electrons. The molecule has 4 rings (SSSR count). The summed E-state index contributed by atoms with van der Waals surface area (Å²) in [5.74, 6) is -1.83. The normalized spacial score (nSPS) is 12.4. The Morgan fingerprint density at radius 3 is 2.61 bits per heavy atom. The number of hydrogen-bond acceptors (Lipinski definition) is 6. The summed E-state index contributed by atoms with van der Waals surface area (Å²) in [5, 5.41) is 7.71. The number of imide groups is 1. The Balaban J connectivity index is 1.56. The maximum absolute atomic E-state index is 12.4. The Hall–Kier alpha value is -3.85. The van der Waals surface area contributed by atoms with Gasteiger partial charge in [-0.25, -0.2) is 4.79 Å². The van der Waals surface area contributed by atoms with Gasteiger partial charge in [0, 0.05) is 5.39 Å². The number of carbonyl (C=O) groups excluding carboxylic acids is 3. The molecule has 9 heteroatoms. The molecule has 0 aliphatic carbocycles. The monoisotopic (exact) mass is 393 g/mol. The molecule has 0 unspecified atom stereocenters. The standard InChI is InChI=1S/C19H11N3O5S/c23-15-10-5-3-6-12(14(10)17(25)21-15)20-19(28)22-16(24)11-8-9-4-1-2-7-13(9)27-18(11)26/h1-8H,(H,21,23,25)(H2,20,22,24,28). The van der Waals surface area contributed by atoms with Crippen molar-refractivity contribution in [2.24, 2.45) is 0 Å². The van der Waals surface area contributed by atoms with Crippen LogP contribution < -0.4 is 21.6 Å². The van der Waals surface area contributed by atoms with Crippen LogP contribution in [0.5, 0.6) is 0 Å². The first-order chi connectivity index (χ1) is 13.4. The fourth-order valence-electron chi connectivity index (χ4n) is 2.87. The lowest BCUT2D eigenvalue weighted by Crippen LogP contribution is -2.36. The average molecular weight is 393 g/mol. The maximum Gasteiger partial charge on any atom is 0.349 e. The number of amides is 3. The summed E-state index contributed by atoms with van der Waals surface area (Å²) in [6.07, 6.45) is 0. The van der Waals surface area contributed by atoms with Crippen molar-refractivity contribution in [3.8, 4) is 0 Å². The first kappa shape index (κ1) is 17.6. The molecule has 0 spiro atoms.